The van der Waals surface area contributed by atoms with Gasteiger partial charge in [0.25, 0.3) is 5.56 Å². The van der Waals surface area contributed by atoms with Gasteiger partial charge >= 0.3 is 5.97 Å². The minimum atomic E-state index is -0.820. The highest BCUT2D eigenvalue weighted by molar-refractivity contribution is 7.99. The smallest absolute Gasteiger partial charge is 0.338 e. The molecular weight excluding hydrogens is 583 g/mol. The lowest BCUT2D eigenvalue weighted by atomic mass is 9.94. The van der Waals surface area contributed by atoms with Crippen LogP contribution in [-0.4, -0.2) is 37.9 Å². The zero-order valence-electron chi connectivity index (χ0n) is 24.7. The normalized spacial score (nSPS) is 15.9. The molecule has 0 unspecified atom stereocenters. The number of aromatic nitrogens is 1. The van der Waals surface area contributed by atoms with Gasteiger partial charge in [-0.25, -0.2) is 9.79 Å². The molecule has 0 saturated carbocycles. The summed E-state index contributed by atoms with van der Waals surface area (Å²) < 4.78 is 18.9. The Kier molecular flexibility index (Phi) is 7.66. The van der Waals surface area contributed by atoms with Gasteiger partial charge in [0.15, 0.2) is 4.80 Å². The maximum atomic E-state index is 14.2. The van der Waals surface area contributed by atoms with Gasteiger partial charge in [0, 0.05) is 22.4 Å². The lowest BCUT2D eigenvalue weighted by molar-refractivity contribution is -0.143. The molecule has 2 aliphatic rings. The van der Waals surface area contributed by atoms with Gasteiger partial charge in [-0.1, -0.05) is 41.3 Å². The van der Waals surface area contributed by atoms with E-state index in [1.807, 2.05) is 24.3 Å². The van der Waals surface area contributed by atoms with Crippen molar-refractivity contribution in [1.29, 1.82) is 0 Å². The molecule has 0 N–H and O–H groups in total. The van der Waals surface area contributed by atoms with E-state index in [4.69, 9.17) is 19.2 Å². The first-order chi connectivity index (χ1) is 20.7. The third-order valence-electron chi connectivity index (χ3n) is 7.41. The third kappa shape index (κ3) is 5.14. The number of hydrogen-bond donors (Lipinski definition) is 0. The zero-order chi connectivity index (χ0) is 30.4. The molecule has 1 atom stereocenters. The molecule has 0 amide bonds. The molecular formula is C33H31N3O5S2. The van der Waals surface area contributed by atoms with Crippen molar-refractivity contribution < 1.29 is 19.0 Å². The Bertz CT molecular complexity index is 1970. The van der Waals surface area contributed by atoms with Crippen LogP contribution in [-0.2, 0) is 9.53 Å². The van der Waals surface area contributed by atoms with Crippen LogP contribution in [0.4, 0.5) is 11.4 Å². The lowest BCUT2D eigenvalue weighted by Crippen LogP contribution is -2.40. The van der Waals surface area contributed by atoms with Crippen molar-refractivity contribution in [3.8, 4) is 11.5 Å². The van der Waals surface area contributed by atoms with Gasteiger partial charge in [-0.15, -0.1) is 0 Å². The first-order valence-electron chi connectivity index (χ1n) is 13.8. The standard InChI is InChI=1S/C33H31N3O5S2/c1-18(2)41-32(38)29-19(3)34-33-36(30(29)22-17-21(39-5)12-14-25(22)40-6)31(37)28(43-33)16-20-11-13-24-27(15-20)42-26-10-8-7-9-23(26)35(24)4/h7-18,30H,1-6H3/b28-16-/t30-/m0/s1. The van der Waals surface area contributed by atoms with E-state index in [0.717, 1.165) is 21.8 Å². The number of hydrogen-bond acceptors (Lipinski definition) is 9. The van der Waals surface area contributed by atoms with Crippen LogP contribution in [0.15, 0.2) is 91.5 Å². The van der Waals surface area contributed by atoms with Crippen molar-refractivity contribution in [2.24, 2.45) is 4.99 Å². The highest BCUT2D eigenvalue weighted by Gasteiger charge is 2.36. The SMILES string of the molecule is COc1ccc(OC)c([C@H]2C(C(=O)OC(C)C)=C(C)N=c3s/c(=C\c4ccc5c(c4)Sc4ccccc4N5C)c(=O)n32)c1. The maximum absolute atomic E-state index is 14.2. The molecule has 0 fully saturated rings. The highest BCUT2D eigenvalue weighted by atomic mass is 32.2. The number of esters is 1. The van der Waals surface area contributed by atoms with Crippen molar-refractivity contribution in [3.63, 3.8) is 0 Å². The van der Waals surface area contributed by atoms with Gasteiger partial charge in [0.05, 0.1) is 47.5 Å². The number of carbonyl (C=O) groups excluding carboxylic acids is 1. The van der Waals surface area contributed by atoms with E-state index in [0.29, 0.717) is 32.1 Å². The molecule has 3 heterocycles. The number of nitrogens with zero attached hydrogens (tertiary/aromatic N) is 3. The average Bonchev–Trinajstić information content (AvgIpc) is 3.29. The van der Waals surface area contributed by atoms with Crippen LogP contribution in [0.2, 0.25) is 0 Å². The summed E-state index contributed by atoms with van der Waals surface area (Å²) in [6.07, 6.45) is 1.54. The van der Waals surface area contributed by atoms with E-state index in [1.165, 1.54) is 16.2 Å². The first kappa shape index (κ1) is 28.8. The quantitative estimate of drug-likeness (QED) is 0.268. The molecule has 0 saturated heterocycles. The van der Waals surface area contributed by atoms with E-state index in [1.54, 1.807) is 69.5 Å². The molecule has 4 aromatic rings. The Morgan fingerprint density at radius 1 is 1.00 bits per heavy atom. The van der Waals surface area contributed by atoms with Crippen LogP contribution in [0, 0.1) is 0 Å². The van der Waals surface area contributed by atoms with Gasteiger partial charge in [0.1, 0.15) is 17.5 Å². The molecule has 1 aromatic heterocycles. The summed E-state index contributed by atoms with van der Waals surface area (Å²) in [4.78, 5) is 37.3. The van der Waals surface area contributed by atoms with Crippen LogP contribution >= 0.6 is 23.1 Å². The summed E-state index contributed by atoms with van der Waals surface area (Å²) in [5.74, 6) is 0.555. The number of carbonyl (C=O) groups is 1. The Labute approximate surface area is 257 Å². The molecule has 0 spiro atoms. The van der Waals surface area contributed by atoms with Crippen molar-refractivity contribution in [2.45, 2.75) is 42.7 Å². The fraction of sp³-hybridized carbons (Fsp3) is 0.242. The Hall–Kier alpha value is -4.28. The average molecular weight is 614 g/mol. The van der Waals surface area contributed by atoms with Gasteiger partial charge in [-0.3, -0.25) is 9.36 Å². The zero-order valence-corrected chi connectivity index (χ0v) is 26.3. The molecule has 6 rings (SSSR count). The van der Waals surface area contributed by atoms with Crippen LogP contribution < -0.4 is 29.3 Å². The van der Waals surface area contributed by atoms with E-state index < -0.39 is 12.0 Å². The number of ether oxygens (including phenoxy) is 3. The Balaban J connectivity index is 1.51. The number of anilines is 2. The van der Waals surface area contributed by atoms with Gasteiger partial charge in [-0.05, 0) is 74.9 Å². The van der Waals surface area contributed by atoms with Crippen molar-refractivity contribution in [2.75, 3.05) is 26.2 Å². The van der Waals surface area contributed by atoms with Crippen molar-refractivity contribution in [1.82, 2.24) is 4.57 Å². The van der Waals surface area contributed by atoms with Crippen molar-refractivity contribution in [3.05, 3.63) is 103 Å². The topological polar surface area (TPSA) is 82.4 Å². The summed E-state index contributed by atoms with van der Waals surface area (Å²) in [7, 11) is 5.19. The molecule has 8 nitrogen and oxygen atoms in total. The van der Waals surface area contributed by atoms with Crippen LogP contribution in [0.25, 0.3) is 6.08 Å². The van der Waals surface area contributed by atoms with Gasteiger partial charge in [-0.2, -0.15) is 0 Å². The number of para-hydroxylation sites is 1. The molecule has 0 radical (unpaired) electrons. The second kappa shape index (κ2) is 11.4. The number of allylic oxidation sites excluding steroid dienone is 1. The molecule has 10 heteroatoms. The fourth-order valence-corrected chi connectivity index (χ4v) is 7.65. The molecule has 43 heavy (non-hydrogen) atoms. The summed E-state index contributed by atoms with van der Waals surface area (Å²) in [5.41, 5.74) is 4.29. The van der Waals surface area contributed by atoms with Crippen LogP contribution in [0.3, 0.4) is 0 Å². The van der Waals surface area contributed by atoms with E-state index in [-0.39, 0.29) is 17.2 Å². The largest absolute Gasteiger partial charge is 0.497 e. The van der Waals surface area contributed by atoms with Gasteiger partial charge in [0.2, 0.25) is 0 Å². The molecule has 2 aliphatic heterocycles. The number of fused-ring (bicyclic) bond motifs is 3. The minimum absolute atomic E-state index is 0.256. The number of thiazole rings is 1. The Morgan fingerprint density at radius 2 is 1.77 bits per heavy atom. The number of rotatable bonds is 6. The lowest BCUT2D eigenvalue weighted by Gasteiger charge is -2.29. The first-order valence-corrected chi connectivity index (χ1v) is 15.4. The number of benzene rings is 3. The summed E-state index contributed by atoms with van der Waals surface area (Å²) in [5, 5.41) is 0. The summed E-state index contributed by atoms with van der Waals surface area (Å²) in [6, 6.07) is 19.0. The van der Waals surface area contributed by atoms with Crippen LogP contribution in [0.1, 0.15) is 37.9 Å². The van der Waals surface area contributed by atoms with Gasteiger partial charge < -0.3 is 19.1 Å². The van der Waals surface area contributed by atoms with E-state index >= 15 is 0 Å². The van der Waals surface area contributed by atoms with Crippen molar-refractivity contribution >= 4 is 46.5 Å². The summed E-state index contributed by atoms with van der Waals surface area (Å²) in [6.45, 7) is 5.34. The van der Waals surface area contributed by atoms with Crippen LogP contribution in [0.5, 0.6) is 11.5 Å². The second-order valence-corrected chi connectivity index (χ2v) is 12.6. The monoisotopic (exact) mass is 613 g/mol. The van der Waals surface area contributed by atoms with E-state index in [2.05, 4.69) is 36.2 Å². The Morgan fingerprint density at radius 3 is 2.51 bits per heavy atom. The fourth-order valence-electron chi connectivity index (χ4n) is 5.41. The summed E-state index contributed by atoms with van der Waals surface area (Å²) >= 11 is 3.00. The third-order valence-corrected chi connectivity index (χ3v) is 9.50. The maximum Gasteiger partial charge on any atom is 0.338 e. The number of methoxy groups -OCH3 is 2. The highest BCUT2D eigenvalue weighted by Crippen LogP contribution is 2.47. The molecule has 0 bridgehead atoms. The molecule has 3 aromatic carbocycles. The second-order valence-electron chi connectivity index (χ2n) is 10.5. The van der Waals surface area contributed by atoms with E-state index in [9.17, 15) is 9.59 Å². The minimum Gasteiger partial charge on any atom is -0.497 e. The predicted molar refractivity (Wildman–Crippen MR) is 170 cm³/mol. The molecule has 0 aliphatic carbocycles. The molecule has 220 valence electrons. The predicted octanol–water partition coefficient (Wildman–Crippen LogP) is 5.44.